The maximum absolute atomic E-state index is 13.1. The highest BCUT2D eigenvalue weighted by atomic mass is 32.2. The van der Waals surface area contributed by atoms with Crippen LogP contribution in [-0.2, 0) is 29.2 Å². The number of nitrogens with one attached hydrogen (secondary N) is 6. The number of guanidine groups is 1. The van der Waals surface area contributed by atoms with E-state index in [1.165, 1.54) is 30.3 Å². The number of carbonyl (C=O) groups excluding carboxylic acids is 4. The highest BCUT2D eigenvalue weighted by Crippen LogP contribution is 2.26. The van der Waals surface area contributed by atoms with E-state index < -0.39 is 64.8 Å². The number of aliphatic carboxylic acids is 1. The molecule has 0 spiro atoms. The van der Waals surface area contributed by atoms with Crippen LogP contribution in [0.5, 0.6) is 0 Å². The number of anilines is 2. The molecule has 2 atom stereocenters. The Morgan fingerprint density at radius 2 is 1.63 bits per heavy atom. The zero-order valence-corrected chi connectivity index (χ0v) is 28.1. The van der Waals surface area contributed by atoms with Gasteiger partial charge in [0.2, 0.25) is 27.7 Å². The van der Waals surface area contributed by atoms with Crippen molar-refractivity contribution in [1.82, 2.24) is 20.3 Å². The van der Waals surface area contributed by atoms with Gasteiger partial charge in [-0.2, -0.15) is 4.31 Å². The molecule has 9 N–H and O–H groups in total. The van der Waals surface area contributed by atoms with E-state index in [0.717, 1.165) is 30.0 Å². The number of sulfonamides is 1. The largest absolute Gasteiger partial charge is 0.480 e. The summed E-state index contributed by atoms with van der Waals surface area (Å²) in [7, 11) is -4.00. The standard InChI is InChI=1S/C32H44N8O8S/c1-2-3-4-5-9-14-27(41)37-22-16-21(17-23(18-22)38-32(33)34)29(43)36-20-28(42)35-19-25(31(45)46)39-30(44)26-13-10-15-40(26)49(47,48)24-11-7-6-8-12-24/h6-8,11-12,16-18,25-26H,2-5,9-10,13-15,19-20H2,1H3,(H,35,42)(H,36,43)(H,37,41)(H,39,44)(H,45,46)(H4,33,34,38). The average molecular weight is 701 g/mol. The number of hydrogen-bond donors (Lipinski definition) is 8. The van der Waals surface area contributed by atoms with E-state index in [2.05, 4.69) is 33.5 Å². The first kappa shape index (κ1) is 38.4. The van der Waals surface area contributed by atoms with Gasteiger partial charge in [-0.15, -0.1) is 0 Å². The van der Waals surface area contributed by atoms with Gasteiger partial charge in [-0.05, 0) is 49.6 Å². The highest BCUT2D eigenvalue weighted by Gasteiger charge is 2.40. The summed E-state index contributed by atoms with van der Waals surface area (Å²) in [5.74, 6) is -4.40. The van der Waals surface area contributed by atoms with Crippen LogP contribution in [0.1, 0.15) is 68.6 Å². The summed E-state index contributed by atoms with van der Waals surface area (Å²) in [6.07, 6.45) is 5.72. The van der Waals surface area contributed by atoms with Crippen molar-refractivity contribution in [1.29, 1.82) is 5.41 Å². The van der Waals surface area contributed by atoms with Gasteiger partial charge in [-0.3, -0.25) is 24.6 Å². The molecule has 49 heavy (non-hydrogen) atoms. The normalized spacial score (nSPS) is 15.1. The van der Waals surface area contributed by atoms with Crippen molar-refractivity contribution in [3.8, 4) is 0 Å². The Kier molecular flexibility index (Phi) is 14.5. The molecule has 3 rings (SSSR count). The topological polar surface area (TPSA) is 253 Å². The zero-order chi connectivity index (χ0) is 36.0. The molecule has 266 valence electrons. The number of carbonyl (C=O) groups is 5. The first-order chi connectivity index (χ1) is 23.3. The summed E-state index contributed by atoms with van der Waals surface area (Å²) in [4.78, 5) is 62.9. The number of nitrogens with two attached hydrogens (primary N) is 1. The molecule has 0 aliphatic carbocycles. The fourth-order valence-electron chi connectivity index (χ4n) is 5.20. The molecule has 2 unspecified atom stereocenters. The minimum absolute atomic E-state index is 0.00905. The summed E-state index contributed by atoms with van der Waals surface area (Å²) in [6.45, 7) is 1.09. The van der Waals surface area contributed by atoms with Crippen molar-refractivity contribution in [2.24, 2.45) is 5.73 Å². The van der Waals surface area contributed by atoms with Crippen LogP contribution in [0.15, 0.2) is 53.4 Å². The predicted molar refractivity (Wildman–Crippen MR) is 182 cm³/mol. The van der Waals surface area contributed by atoms with Gasteiger partial charge in [-0.25, -0.2) is 13.2 Å². The molecule has 1 saturated heterocycles. The molecule has 16 nitrogen and oxygen atoms in total. The maximum atomic E-state index is 13.1. The van der Waals surface area contributed by atoms with Crippen molar-refractivity contribution in [3.63, 3.8) is 0 Å². The second-order valence-corrected chi connectivity index (χ2v) is 13.4. The fraction of sp³-hybridized carbons (Fsp3) is 0.438. The van der Waals surface area contributed by atoms with Gasteiger partial charge >= 0.3 is 5.97 Å². The highest BCUT2D eigenvalue weighted by molar-refractivity contribution is 7.89. The number of unbranched alkanes of at least 4 members (excludes halogenated alkanes) is 4. The van der Waals surface area contributed by atoms with E-state index in [1.807, 2.05) is 0 Å². The number of benzene rings is 2. The van der Waals surface area contributed by atoms with E-state index in [4.69, 9.17) is 11.1 Å². The van der Waals surface area contributed by atoms with Gasteiger partial charge in [0.1, 0.15) is 12.1 Å². The third-order valence-corrected chi connectivity index (χ3v) is 9.57. The molecule has 0 bridgehead atoms. The molecule has 0 aromatic heterocycles. The molecule has 1 aliphatic rings. The Hall–Kier alpha value is -5.03. The average Bonchev–Trinajstić information content (AvgIpc) is 3.57. The molecule has 0 radical (unpaired) electrons. The fourth-order valence-corrected chi connectivity index (χ4v) is 6.88. The number of amides is 4. The molecular formula is C32H44N8O8S. The number of hydrogen-bond acceptors (Lipinski definition) is 8. The molecule has 17 heteroatoms. The minimum Gasteiger partial charge on any atom is -0.480 e. The third-order valence-electron chi connectivity index (χ3n) is 7.65. The van der Waals surface area contributed by atoms with E-state index in [1.54, 1.807) is 18.2 Å². The Morgan fingerprint density at radius 1 is 0.959 bits per heavy atom. The van der Waals surface area contributed by atoms with Gasteiger partial charge < -0.3 is 37.4 Å². The van der Waals surface area contributed by atoms with E-state index in [-0.39, 0.29) is 40.7 Å². The lowest BCUT2D eigenvalue weighted by atomic mass is 10.1. The Balaban J connectivity index is 1.56. The summed E-state index contributed by atoms with van der Waals surface area (Å²) >= 11 is 0. The van der Waals surface area contributed by atoms with Crippen LogP contribution in [0.4, 0.5) is 11.4 Å². The molecule has 2 aromatic rings. The lowest BCUT2D eigenvalue weighted by Crippen LogP contribution is -2.54. The van der Waals surface area contributed by atoms with Crippen LogP contribution in [0.3, 0.4) is 0 Å². The van der Waals surface area contributed by atoms with Gasteiger partial charge in [0.05, 0.1) is 11.4 Å². The summed E-state index contributed by atoms with van der Waals surface area (Å²) in [5, 5.41) is 29.5. The SMILES string of the molecule is CCCCCCCC(=O)Nc1cc(NC(=N)N)cc(C(=O)NCC(=O)NCC(NC(=O)C2CCCN2S(=O)(=O)c2ccccc2)C(=O)O)c1. The van der Waals surface area contributed by atoms with Crippen molar-refractivity contribution in [3.05, 3.63) is 54.1 Å². The molecule has 1 aliphatic heterocycles. The minimum atomic E-state index is -4.00. The Labute approximate surface area is 285 Å². The molecular weight excluding hydrogens is 656 g/mol. The van der Waals surface area contributed by atoms with Crippen LogP contribution >= 0.6 is 0 Å². The van der Waals surface area contributed by atoms with Crippen LogP contribution in [0.25, 0.3) is 0 Å². The zero-order valence-electron chi connectivity index (χ0n) is 27.3. The van der Waals surface area contributed by atoms with E-state index in [0.29, 0.717) is 19.3 Å². The van der Waals surface area contributed by atoms with Crippen molar-refractivity contribution in [2.45, 2.75) is 75.3 Å². The van der Waals surface area contributed by atoms with E-state index >= 15 is 0 Å². The number of carboxylic acid groups (broad SMARTS) is 1. The number of carboxylic acids is 1. The van der Waals surface area contributed by atoms with Crippen LogP contribution in [0.2, 0.25) is 0 Å². The lowest BCUT2D eigenvalue weighted by Gasteiger charge is -2.25. The molecule has 1 fully saturated rings. The second kappa shape index (κ2) is 18.5. The van der Waals surface area contributed by atoms with Crippen LogP contribution < -0.4 is 32.3 Å². The number of rotatable bonds is 18. The third kappa shape index (κ3) is 11.9. The quantitative estimate of drug-likeness (QED) is 0.0633. The number of nitrogens with zero attached hydrogens (tertiary/aromatic N) is 1. The Morgan fingerprint density at radius 3 is 2.29 bits per heavy atom. The first-order valence-corrected chi connectivity index (χ1v) is 17.5. The monoisotopic (exact) mass is 700 g/mol. The van der Waals surface area contributed by atoms with Crippen molar-refractivity contribution < 1.29 is 37.5 Å². The summed E-state index contributed by atoms with van der Waals surface area (Å²) < 4.78 is 27.3. The van der Waals surface area contributed by atoms with Crippen molar-refractivity contribution in [2.75, 3.05) is 30.3 Å². The van der Waals surface area contributed by atoms with E-state index in [9.17, 15) is 37.5 Å². The second-order valence-electron chi connectivity index (χ2n) is 11.5. The van der Waals surface area contributed by atoms with Gasteiger partial charge in [-0.1, -0.05) is 50.8 Å². The van der Waals surface area contributed by atoms with Crippen LogP contribution in [-0.4, -0.2) is 85.1 Å². The summed E-state index contributed by atoms with van der Waals surface area (Å²) in [6, 6.07) is 9.14. The predicted octanol–water partition coefficient (Wildman–Crippen LogP) is 1.56. The molecule has 1 heterocycles. The van der Waals surface area contributed by atoms with Crippen molar-refractivity contribution >= 4 is 57.0 Å². The molecule has 2 aromatic carbocycles. The van der Waals surface area contributed by atoms with Gasteiger partial charge in [0, 0.05) is 36.4 Å². The first-order valence-electron chi connectivity index (χ1n) is 16.0. The van der Waals surface area contributed by atoms with Crippen LogP contribution in [0, 0.1) is 5.41 Å². The Bertz CT molecular complexity index is 1620. The molecule has 0 saturated carbocycles. The molecule has 4 amide bonds. The summed E-state index contributed by atoms with van der Waals surface area (Å²) in [5.41, 5.74) is 6.00. The van der Waals surface area contributed by atoms with Gasteiger partial charge in [0.25, 0.3) is 5.91 Å². The maximum Gasteiger partial charge on any atom is 0.328 e. The lowest BCUT2D eigenvalue weighted by molar-refractivity contribution is -0.142. The smallest absolute Gasteiger partial charge is 0.328 e. The van der Waals surface area contributed by atoms with Gasteiger partial charge in [0.15, 0.2) is 5.96 Å².